The van der Waals surface area contributed by atoms with Crippen molar-refractivity contribution < 1.29 is 0 Å². The molecule has 116 valence electrons. The maximum absolute atomic E-state index is 4.78. The quantitative estimate of drug-likeness (QED) is 0.806. The van der Waals surface area contributed by atoms with Gasteiger partial charge >= 0.3 is 0 Å². The number of hydrogen-bond acceptors (Lipinski definition) is 4. The predicted octanol–water partition coefficient (Wildman–Crippen LogP) is 3.39. The van der Waals surface area contributed by atoms with Gasteiger partial charge in [0, 0.05) is 24.0 Å². The Labute approximate surface area is 134 Å². The highest BCUT2D eigenvalue weighted by atomic mass is 15.3. The summed E-state index contributed by atoms with van der Waals surface area (Å²) in [5.74, 6) is 2.71. The van der Waals surface area contributed by atoms with Crippen LogP contribution in [0.1, 0.15) is 25.7 Å². The van der Waals surface area contributed by atoms with E-state index in [1.54, 1.807) is 12.4 Å². The molecule has 3 heterocycles. The number of hydrogen-bond donors (Lipinski definition) is 1. The number of aromatic nitrogens is 4. The van der Waals surface area contributed by atoms with Gasteiger partial charge in [-0.15, -0.1) is 5.10 Å². The van der Waals surface area contributed by atoms with Crippen LogP contribution in [0.3, 0.4) is 0 Å². The third-order valence-electron chi connectivity index (χ3n) is 5.41. The average molecular weight is 305 g/mol. The minimum Gasteiger partial charge on any atom is -0.366 e. The molecular weight excluding hydrogens is 286 g/mol. The van der Waals surface area contributed by atoms with Crippen molar-refractivity contribution in [1.82, 2.24) is 19.6 Å². The molecule has 1 N–H and O–H groups in total. The lowest BCUT2D eigenvalue weighted by molar-refractivity contribution is 0.438. The first-order chi connectivity index (χ1) is 11.4. The van der Waals surface area contributed by atoms with E-state index in [1.807, 2.05) is 35.0 Å². The lowest BCUT2D eigenvalue weighted by Crippen LogP contribution is -2.26. The molecule has 3 aromatic heterocycles. The Morgan fingerprint density at radius 1 is 1.04 bits per heavy atom. The fourth-order valence-corrected chi connectivity index (χ4v) is 4.28. The van der Waals surface area contributed by atoms with Gasteiger partial charge in [0.25, 0.3) is 0 Å². The number of imidazole rings is 1. The van der Waals surface area contributed by atoms with Crippen molar-refractivity contribution in [3.8, 4) is 11.3 Å². The fourth-order valence-electron chi connectivity index (χ4n) is 4.28. The smallest absolute Gasteiger partial charge is 0.154 e. The number of nitrogens with zero attached hydrogens (tertiary/aromatic N) is 4. The van der Waals surface area contributed by atoms with E-state index in [4.69, 9.17) is 5.10 Å². The van der Waals surface area contributed by atoms with Crippen molar-refractivity contribution in [2.45, 2.75) is 31.7 Å². The lowest BCUT2D eigenvalue weighted by Gasteiger charge is -2.23. The molecule has 0 radical (unpaired) electrons. The van der Waals surface area contributed by atoms with Crippen LogP contribution in [0.15, 0.2) is 42.9 Å². The van der Waals surface area contributed by atoms with E-state index in [1.165, 1.54) is 25.7 Å². The highest BCUT2D eigenvalue weighted by Crippen LogP contribution is 2.45. The molecule has 0 aromatic carbocycles. The van der Waals surface area contributed by atoms with E-state index >= 15 is 0 Å². The molecular formula is C18H19N5. The lowest BCUT2D eigenvalue weighted by atomic mass is 9.95. The highest BCUT2D eigenvalue weighted by Gasteiger charge is 2.39. The average Bonchev–Trinajstić information content (AvgIpc) is 3.30. The molecule has 0 aliphatic heterocycles. The number of pyridine rings is 1. The van der Waals surface area contributed by atoms with E-state index in [9.17, 15) is 0 Å². The van der Waals surface area contributed by atoms with Gasteiger partial charge in [-0.2, -0.15) is 0 Å². The molecule has 5 nitrogen and oxygen atoms in total. The zero-order valence-electron chi connectivity index (χ0n) is 12.9. The van der Waals surface area contributed by atoms with Gasteiger partial charge in [0.2, 0.25) is 0 Å². The first-order valence-electron chi connectivity index (χ1n) is 8.38. The van der Waals surface area contributed by atoms with Crippen molar-refractivity contribution >= 4 is 11.5 Å². The van der Waals surface area contributed by atoms with Gasteiger partial charge in [-0.3, -0.25) is 4.98 Å². The summed E-state index contributed by atoms with van der Waals surface area (Å²) in [7, 11) is 0. The first-order valence-corrected chi connectivity index (χ1v) is 8.38. The molecule has 3 atom stereocenters. The molecule has 0 saturated heterocycles. The van der Waals surface area contributed by atoms with Gasteiger partial charge in [0.1, 0.15) is 5.82 Å². The summed E-state index contributed by atoms with van der Waals surface area (Å²) in [5, 5.41) is 8.44. The molecule has 5 rings (SSSR count). The van der Waals surface area contributed by atoms with Crippen molar-refractivity contribution in [3.05, 3.63) is 42.9 Å². The number of fused-ring (bicyclic) bond motifs is 3. The van der Waals surface area contributed by atoms with Crippen LogP contribution >= 0.6 is 0 Å². The second-order valence-corrected chi connectivity index (χ2v) is 6.79. The van der Waals surface area contributed by atoms with Gasteiger partial charge in [-0.05, 0) is 55.4 Å². The van der Waals surface area contributed by atoms with Crippen LogP contribution in [-0.4, -0.2) is 25.6 Å². The normalized spacial score (nSPS) is 26.0. The maximum atomic E-state index is 4.78. The van der Waals surface area contributed by atoms with Crippen LogP contribution in [0, 0.1) is 11.8 Å². The maximum Gasteiger partial charge on any atom is 0.154 e. The molecule has 2 saturated carbocycles. The molecule has 5 heteroatoms. The molecule has 0 amide bonds. The van der Waals surface area contributed by atoms with Crippen LogP contribution < -0.4 is 5.32 Å². The minimum absolute atomic E-state index is 0.589. The minimum atomic E-state index is 0.589. The van der Waals surface area contributed by atoms with E-state index in [2.05, 4.69) is 15.3 Å². The molecule has 2 fully saturated rings. The number of anilines is 1. The predicted molar refractivity (Wildman–Crippen MR) is 89.1 cm³/mol. The Balaban J connectivity index is 1.49. The standard InChI is InChI=1S/C18H19N5/c1-2-14-9-12(1)10-15(14)21-17-3-4-18-20-11-16(23(18)22-17)13-5-7-19-8-6-13/h3-8,11-12,14-15H,1-2,9-10H2,(H,21,22). The van der Waals surface area contributed by atoms with Crippen LogP contribution in [0.2, 0.25) is 0 Å². The summed E-state index contributed by atoms with van der Waals surface area (Å²) < 4.78 is 1.92. The van der Waals surface area contributed by atoms with Crippen LogP contribution in [0.4, 0.5) is 5.82 Å². The Bertz CT molecular complexity index is 841. The summed E-state index contributed by atoms with van der Waals surface area (Å²) in [5.41, 5.74) is 2.95. The molecule has 0 spiro atoms. The van der Waals surface area contributed by atoms with Crippen molar-refractivity contribution in [1.29, 1.82) is 0 Å². The fraction of sp³-hybridized carbons (Fsp3) is 0.389. The number of nitrogens with one attached hydrogen (secondary N) is 1. The second kappa shape index (κ2) is 5.05. The Kier molecular flexibility index (Phi) is 2.86. The van der Waals surface area contributed by atoms with E-state index in [-0.39, 0.29) is 0 Å². The van der Waals surface area contributed by atoms with Gasteiger partial charge < -0.3 is 5.32 Å². The largest absolute Gasteiger partial charge is 0.366 e. The third-order valence-corrected chi connectivity index (χ3v) is 5.41. The highest BCUT2D eigenvalue weighted by molar-refractivity contribution is 5.63. The van der Waals surface area contributed by atoms with Gasteiger partial charge in [0.05, 0.1) is 11.9 Å². The van der Waals surface area contributed by atoms with Gasteiger partial charge in [-0.1, -0.05) is 6.42 Å². The summed E-state index contributed by atoms with van der Waals surface area (Å²) in [6, 6.07) is 8.65. The number of rotatable bonds is 3. The Morgan fingerprint density at radius 2 is 1.96 bits per heavy atom. The zero-order chi connectivity index (χ0) is 15.2. The van der Waals surface area contributed by atoms with Crippen LogP contribution in [0.5, 0.6) is 0 Å². The van der Waals surface area contributed by atoms with Crippen LogP contribution in [0.25, 0.3) is 16.9 Å². The monoisotopic (exact) mass is 305 g/mol. The topological polar surface area (TPSA) is 55.1 Å². The van der Waals surface area contributed by atoms with E-state index in [0.29, 0.717) is 6.04 Å². The summed E-state index contributed by atoms with van der Waals surface area (Å²) in [4.78, 5) is 8.54. The second-order valence-electron chi connectivity index (χ2n) is 6.79. The molecule has 3 unspecified atom stereocenters. The summed E-state index contributed by atoms with van der Waals surface area (Å²) >= 11 is 0. The molecule has 23 heavy (non-hydrogen) atoms. The first kappa shape index (κ1) is 13.0. The van der Waals surface area contributed by atoms with E-state index < -0.39 is 0 Å². The summed E-state index contributed by atoms with van der Waals surface area (Å²) in [6.45, 7) is 0. The van der Waals surface area contributed by atoms with Crippen molar-refractivity contribution in [2.24, 2.45) is 11.8 Å². The Hall–Kier alpha value is -2.43. The molecule has 2 aliphatic rings. The van der Waals surface area contributed by atoms with Gasteiger partial charge in [-0.25, -0.2) is 9.50 Å². The summed E-state index contributed by atoms with van der Waals surface area (Å²) in [6.07, 6.45) is 11.0. The van der Waals surface area contributed by atoms with Crippen LogP contribution in [-0.2, 0) is 0 Å². The molecule has 2 aliphatic carbocycles. The van der Waals surface area contributed by atoms with Crippen molar-refractivity contribution in [3.63, 3.8) is 0 Å². The third kappa shape index (κ3) is 2.19. The zero-order valence-corrected chi connectivity index (χ0v) is 12.9. The SMILES string of the molecule is c1cc(-c2cnc3ccc(NC4CC5CCC4C5)nn23)ccn1. The van der Waals surface area contributed by atoms with Gasteiger partial charge in [0.15, 0.2) is 5.65 Å². The molecule has 3 aromatic rings. The Morgan fingerprint density at radius 3 is 2.74 bits per heavy atom. The molecule has 2 bridgehead atoms. The van der Waals surface area contributed by atoms with Crippen molar-refractivity contribution in [2.75, 3.05) is 5.32 Å². The van der Waals surface area contributed by atoms with E-state index in [0.717, 1.165) is 34.6 Å².